The van der Waals surface area contributed by atoms with Crippen LogP contribution >= 0.6 is 0 Å². The maximum atomic E-state index is 13.2. The van der Waals surface area contributed by atoms with Crippen molar-refractivity contribution < 1.29 is 14.3 Å². The summed E-state index contributed by atoms with van der Waals surface area (Å²) in [6.07, 6.45) is 1.29. The van der Waals surface area contributed by atoms with Crippen LogP contribution in [0.4, 0.5) is 15.9 Å². The number of nitrogens with zero attached hydrogens (tertiary/aromatic N) is 2. The number of carbonyl (C=O) groups is 1. The van der Waals surface area contributed by atoms with Gasteiger partial charge in [-0.25, -0.2) is 14.2 Å². The fraction of sp³-hybridized carbons (Fsp3) is 0.143. The third kappa shape index (κ3) is 2.70. The second kappa shape index (κ2) is 5.06. The molecule has 19 heavy (non-hydrogen) atoms. The minimum absolute atomic E-state index is 0.133. The summed E-state index contributed by atoms with van der Waals surface area (Å²) in [4.78, 5) is 16.7. The first kappa shape index (κ1) is 13.0. The molecular formula is C14H13FN2O2. The van der Waals surface area contributed by atoms with Gasteiger partial charge in [0, 0.05) is 18.9 Å². The van der Waals surface area contributed by atoms with E-state index in [0.29, 0.717) is 17.1 Å². The molecule has 5 heteroatoms. The number of halogens is 1. The Morgan fingerprint density at radius 2 is 2.11 bits per heavy atom. The van der Waals surface area contributed by atoms with Crippen molar-refractivity contribution in [1.29, 1.82) is 0 Å². The fourth-order valence-electron chi connectivity index (χ4n) is 1.84. The van der Waals surface area contributed by atoms with Gasteiger partial charge in [-0.1, -0.05) is 6.07 Å². The summed E-state index contributed by atoms with van der Waals surface area (Å²) >= 11 is 0. The van der Waals surface area contributed by atoms with E-state index < -0.39 is 5.97 Å². The zero-order valence-electron chi connectivity index (χ0n) is 10.6. The standard InChI is InChI=1S/C14H13FN2O2/c1-9-6-10(14(18)19)8-16-13(9)17(2)12-5-3-4-11(15)7-12/h3-8H,1-2H3,(H,18,19). The second-order valence-electron chi connectivity index (χ2n) is 4.21. The molecular weight excluding hydrogens is 247 g/mol. The highest BCUT2D eigenvalue weighted by Gasteiger charge is 2.12. The number of pyridine rings is 1. The number of hydrogen-bond donors (Lipinski definition) is 1. The number of aryl methyl sites for hydroxylation is 1. The summed E-state index contributed by atoms with van der Waals surface area (Å²) in [6, 6.07) is 7.68. The zero-order chi connectivity index (χ0) is 14.0. The van der Waals surface area contributed by atoms with E-state index in [2.05, 4.69) is 4.98 Å². The van der Waals surface area contributed by atoms with Gasteiger partial charge in [0.05, 0.1) is 5.56 Å². The van der Waals surface area contributed by atoms with Crippen molar-refractivity contribution >= 4 is 17.5 Å². The molecule has 0 aliphatic carbocycles. The average molecular weight is 260 g/mol. The van der Waals surface area contributed by atoms with Gasteiger partial charge in [0.15, 0.2) is 0 Å². The van der Waals surface area contributed by atoms with Crippen LogP contribution in [0.25, 0.3) is 0 Å². The molecule has 1 N–H and O–H groups in total. The molecule has 0 fully saturated rings. The van der Waals surface area contributed by atoms with Crippen LogP contribution in [0, 0.1) is 12.7 Å². The molecule has 0 unspecified atom stereocenters. The van der Waals surface area contributed by atoms with Gasteiger partial charge in [0.2, 0.25) is 0 Å². The molecule has 98 valence electrons. The predicted molar refractivity (Wildman–Crippen MR) is 70.4 cm³/mol. The number of hydrogen-bond acceptors (Lipinski definition) is 3. The smallest absolute Gasteiger partial charge is 0.337 e. The van der Waals surface area contributed by atoms with Crippen molar-refractivity contribution in [3.63, 3.8) is 0 Å². The van der Waals surface area contributed by atoms with Crippen molar-refractivity contribution in [2.24, 2.45) is 0 Å². The predicted octanol–water partition coefficient (Wildman–Crippen LogP) is 3.00. The van der Waals surface area contributed by atoms with E-state index in [-0.39, 0.29) is 11.4 Å². The summed E-state index contributed by atoms with van der Waals surface area (Å²) in [6.45, 7) is 1.77. The zero-order valence-corrected chi connectivity index (χ0v) is 10.6. The van der Waals surface area contributed by atoms with E-state index >= 15 is 0 Å². The Bertz CT molecular complexity index is 629. The maximum Gasteiger partial charge on any atom is 0.337 e. The number of benzene rings is 1. The number of carboxylic acid groups (broad SMARTS) is 1. The van der Waals surface area contributed by atoms with Gasteiger partial charge in [-0.2, -0.15) is 0 Å². The second-order valence-corrected chi connectivity index (χ2v) is 4.21. The van der Waals surface area contributed by atoms with Crippen LogP contribution in [-0.4, -0.2) is 23.1 Å². The Kier molecular flexibility index (Phi) is 3.46. The van der Waals surface area contributed by atoms with Gasteiger partial charge in [-0.05, 0) is 36.8 Å². The van der Waals surface area contributed by atoms with Gasteiger partial charge in [0.1, 0.15) is 11.6 Å². The lowest BCUT2D eigenvalue weighted by Gasteiger charge is -2.20. The third-order valence-electron chi connectivity index (χ3n) is 2.81. The number of carboxylic acids is 1. The first-order valence-corrected chi connectivity index (χ1v) is 5.68. The van der Waals surface area contributed by atoms with E-state index in [1.165, 1.54) is 18.3 Å². The molecule has 4 nitrogen and oxygen atoms in total. The lowest BCUT2D eigenvalue weighted by atomic mass is 10.2. The van der Waals surface area contributed by atoms with Crippen molar-refractivity contribution in [1.82, 2.24) is 4.98 Å². The molecule has 0 bridgehead atoms. The lowest BCUT2D eigenvalue weighted by Crippen LogP contribution is -2.13. The van der Waals surface area contributed by atoms with Gasteiger partial charge in [0.25, 0.3) is 0 Å². The lowest BCUT2D eigenvalue weighted by molar-refractivity contribution is 0.0696. The van der Waals surface area contributed by atoms with E-state index in [1.54, 1.807) is 37.1 Å². The molecule has 0 amide bonds. The molecule has 1 heterocycles. The summed E-state index contributed by atoms with van der Waals surface area (Å²) in [5, 5.41) is 8.89. The largest absolute Gasteiger partial charge is 0.478 e. The molecule has 2 aromatic rings. The number of aromatic nitrogens is 1. The first-order valence-electron chi connectivity index (χ1n) is 5.68. The highest BCUT2D eigenvalue weighted by Crippen LogP contribution is 2.25. The first-order chi connectivity index (χ1) is 8.99. The SMILES string of the molecule is Cc1cc(C(=O)O)cnc1N(C)c1cccc(F)c1. The van der Waals surface area contributed by atoms with Gasteiger partial charge < -0.3 is 10.0 Å². The molecule has 0 saturated carbocycles. The number of aromatic carboxylic acids is 1. The van der Waals surface area contributed by atoms with Gasteiger partial charge in [-0.15, -0.1) is 0 Å². The van der Waals surface area contributed by atoms with Crippen molar-refractivity contribution in [3.8, 4) is 0 Å². The molecule has 1 aromatic carbocycles. The van der Waals surface area contributed by atoms with Crippen molar-refractivity contribution in [2.75, 3.05) is 11.9 Å². The third-order valence-corrected chi connectivity index (χ3v) is 2.81. The Morgan fingerprint density at radius 1 is 1.37 bits per heavy atom. The molecule has 0 saturated heterocycles. The van der Waals surface area contributed by atoms with E-state index in [4.69, 9.17) is 5.11 Å². The molecule has 0 radical (unpaired) electrons. The monoisotopic (exact) mass is 260 g/mol. The Hall–Kier alpha value is -2.43. The van der Waals surface area contributed by atoms with Gasteiger partial charge >= 0.3 is 5.97 Å². The maximum absolute atomic E-state index is 13.2. The van der Waals surface area contributed by atoms with Crippen LogP contribution in [-0.2, 0) is 0 Å². The fourth-order valence-corrected chi connectivity index (χ4v) is 1.84. The summed E-state index contributed by atoms with van der Waals surface area (Å²) in [5.74, 6) is -0.754. The van der Waals surface area contributed by atoms with Crippen LogP contribution < -0.4 is 4.90 Å². The Labute approximate surface area is 110 Å². The van der Waals surface area contributed by atoms with E-state index in [1.807, 2.05) is 0 Å². The minimum atomic E-state index is -1.02. The molecule has 0 spiro atoms. The highest BCUT2D eigenvalue weighted by atomic mass is 19.1. The normalized spacial score (nSPS) is 10.3. The average Bonchev–Trinajstić information content (AvgIpc) is 2.37. The summed E-state index contributed by atoms with van der Waals surface area (Å²) in [5.41, 5.74) is 1.50. The van der Waals surface area contributed by atoms with Crippen molar-refractivity contribution in [2.45, 2.75) is 6.92 Å². The summed E-state index contributed by atoms with van der Waals surface area (Å²) in [7, 11) is 1.75. The van der Waals surface area contributed by atoms with Crippen LogP contribution in [0.3, 0.4) is 0 Å². The minimum Gasteiger partial charge on any atom is -0.478 e. The topological polar surface area (TPSA) is 53.4 Å². The van der Waals surface area contributed by atoms with Crippen LogP contribution in [0.1, 0.15) is 15.9 Å². The van der Waals surface area contributed by atoms with Crippen LogP contribution in [0.15, 0.2) is 36.5 Å². The van der Waals surface area contributed by atoms with Crippen LogP contribution in [0.2, 0.25) is 0 Å². The van der Waals surface area contributed by atoms with Gasteiger partial charge in [-0.3, -0.25) is 0 Å². The molecule has 0 atom stereocenters. The van der Waals surface area contributed by atoms with E-state index in [0.717, 1.165) is 0 Å². The molecule has 0 aliphatic heterocycles. The highest BCUT2D eigenvalue weighted by molar-refractivity contribution is 5.88. The van der Waals surface area contributed by atoms with Crippen LogP contribution in [0.5, 0.6) is 0 Å². The Balaban J connectivity index is 2.39. The number of anilines is 2. The van der Waals surface area contributed by atoms with Crippen molar-refractivity contribution in [3.05, 3.63) is 53.5 Å². The Morgan fingerprint density at radius 3 is 2.68 bits per heavy atom. The van der Waals surface area contributed by atoms with E-state index in [9.17, 15) is 9.18 Å². The molecule has 1 aromatic heterocycles. The quantitative estimate of drug-likeness (QED) is 0.921. The molecule has 0 aliphatic rings. The molecule has 2 rings (SSSR count). The number of rotatable bonds is 3. The summed E-state index contributed by atoms with van der Waals surface area (Å²) < 4.78 is 13.2.